The number of aryl methyl sites for hydroxylation is 1. The lowest BCUT2D eigenvalue weighted by Gasteiger charge is -2.32. The lowest BCUT2D eigenvalue weighted by molar-refractivity contribution is 0.0649. The molecule has 0 spiro atoms. The van der Waals surface area contributed by atoms with Gasteiger partial charge < -0.3 is 15.7 Å². The summed E-state index contributed by atoms with van der Waals surface area (Å²) in [5, 5.41) is 16.0. The van der Waals surface area contributed by atoms with E-state index in [0.717, 1.165) is 44.3 Å². The van der Waals surface area contributed by atoms with Crippen molar-refractivity contribution < 1.29 is 9.90 Å². The van der Waals surface area contributed by atoms with E-state index in [9.17, 15) is 4.79 Å². The first-order chi connectivity index (χ1) is 9.67. The third kappa shape index (κ3) is 3.12. The maximum absolute atomic E-state index is 12.5. The smallest absolute Gasteiger partial charge is 0.276 e. The maximum atomic E-state index is 12.5. The number of amides is 1. The average Bonchev–Trinajstić information content (AvgIpc) is 2.81. The quantitative estimate of drug-likeness (QED) is 0.754. The summed E-state index contributed by atoms with van der Waals surface area (Å²) in [6, 6.07) is 0. The van der Waals surface area contributed by atoms with E-state index in [1.165, 1.54) is 0 Å². The molecule has 0 bridgehead atoms. The van der Waals surface area contributed by atoms with Crippen LogP contribution in [0.3, 0.4) is 0 Å². The fourth-order valence-electron chi connectivity index (χ4n) is 2.81. The molecule has 1 atom stereocenters. The molecule has 1 fully saturated rings. The van der Waals surface area contributed by atoms with Gasteiger partial charge in [-0.05, 0) is 31.6 Å². The Morgan fingerprint density at radius 3 is 3.10 bits per heavy atom. The van der Waals surface area contributed by atoms with E-state index in [2.05, 4.69) is 17.1 Å². The minimum absolute atomic E-state index is 0.0938. The molecule has 0 radical (unpaired) electrons. The predicted octanol–water partition coefficient (Wildman–Crippen LogP) is 1.18. The van der Waals surface area contributed by atoms with Gasteiger partial charge in [0, 0.05) is 19.7 Å². The Morgan fingerprint density at radius 1 is 1.60 bits per heavy atom. The van der Waals surface area contributed by atoms with Crippen LogP contribution < -0.4 is 5.73 Å². The second kappa shape index (κ2) is 6.74. The van der Waals surface area contributed by atoms with Gasteiger partial charge in [-0.1, -0.05) is 13.3 Å². The highest BCUT2D eigenvalue weighted by molar-refractivity contribution is 5.97. The van der Waals surface area contributed by atoms with Gasteiger partial charge in [0.15, 0.2) is 5.69 Å². The zero-order valence-corrected chi connectivity index (χ0v) is 12.1. The van der Waals surface area contributed by atoms with Crippen molar-refractivity contribution in [2.75, 3.05) is 25.4 Å². The largest absolute Gasteiger partial charge is 0.396 e. The number of nitrogen functional groups attached to an aromatic ring is 1. The Hall–Kier alpha value is -1.56. The van der Waals surface area contributed by atoms with E-state index in [-0.39, 0.29) is 12.5 Å². The predicted molar refractivity (Wildman–Crippen MR) is 77.3 cm³/mol. The molecule has 1 unspecified atom stereocenters. The maximum Gasteiger partial charge on any atom is 0.276 e. The Kier molecular flexibility index (Phi) is 5.00. The molecular formula is C14H24N4O2. The van der Waals surface area contributed by atoms with Gasteiger partial charge in [-0.25, -0.2) is 0 Å². The molecule has 1 aromatic rings. The number of hydrogen-bond donors (Lipinski definition) is 3. The molecule has 0 aliphatic carbocycles. The number of anilines is 1. The van der Waals surface area contributed by atoms with Crippen molar-refractivity contribution >= 4 is 11.6 Å². The summed E-state index contributed by atoms with van der Waals surface area (Å²) < 4.78 is 0. The first kappa shape index (κ1) is 14.8. The Morgan fingerprint density at radius 2 is 2.40 bits per heavy atom. The molecule has 1 aromatic heterocycles. The lowest BCUT2D eigenvalue weighted by atomic mass is 9.95. The number of piperidine rings is 1. The fraction of sp³-hybridized carbons (Fsp3) is 0.714. The van der Waals surface area contributed by atoms with Gasteiger partial charge in [0.05, 0.1) is 11.4 Å². The van der Waals surface area contributed by atoms with Gasteiger partial charge in [0.2, 0.25) is 0 Å². The summed E-state index contributed by atoms with van der Waals surface area (Å²) in [6.45, 7) is 3.68. The molecule has 1 aliphatic heterocycles. The van der Waals surface area contributed by atoms with Crippen LogP contribution in [0.1, 0.15) is 48.8 Å². The van der Waals surface area contributed by atoms with Crippen molar-refractivity contribution in [3.63, 3.8) is 0 Å². The fourth-order valence-corrected chi connectivity index (χ4v) is 2.81. The second-order valence-corrected chi connectivity index (χ2v) is 5.49. The van der Waals surface area contributed by atoms with Crippen LogP contribution >= 0.6 is 0 Å². The zero-order chi connectivity index (χ0) is 14.5. The summed E-state index contributed by atoms with van der Waals surface area (Å²) in [5.74, 6) is 0.289. The number of likely N-dealkylation sites (tertiary alicyclic amines) is 1. The highest BCUT2D eigenvalue weighted by atomic mass is 16.3. The first-order valence-electron chi connectivity index (χ1n) is 7.40. The van der Waals surface area contributed by atoms with Crippen LogP contribution in [0.4, 0.5) is 5.69 Å². The minimum atomic E-state index is -0.0938. The number of aromatic amines is 1. The van der Waals surface area contributed by atoms with Gasteiger partial charge in [0.25, 0.3) is 5.91 Å². The topological polar surface area (TPSA) is 95.2 Å². The molecule has 20 heavy (non-hydrogen) atoms. The molecule has 2 rings (SSSR count). The number of nitrogens with two attached hydrogens (primary N) is 1. The standard InChI is InChI=1S/C14H24N4O2/c1-2-4-11-12(15)13(17-16-11)14(20)18-7-3-5-10(9-18)6-8-19/h10,19H,2-9,15H2,1H3,(H,16,17). The molecule has 0 saturated carbocycles. The molecule has 1 saturated heterocycles. The monoisotopic (exact) mass is 280 g/mol. The van der Waals surface area contributed by atoms with Crippen LogP contribution in [-0.2, 0) is 6.42 Å². The van der Waals surface area contributed by atoms with Crippen molar-refractivity contribution in [3.8, 4) is 0 Å². The molecule has 1 aliphatic rings. The van der Waals surface area contributed by atoms with Gasteiger partial charge in [-0.2, -0.15) is 5.10 Å². The van der Waals surface area contributed by atoms with Crippen molar-refractivity contribution in [3.05, 3.63) is 11.4 Å². The molecule has 1 amide bonds. The van der Waals surface area contributed by atoms with E-state index in [0.29, 0.717) is 23.8 Å². The van der Waals surface area contributed by atoms with Crippen molar-refractivity contribution in [1.29, 1.82) is 0 Å². The molecule has 6 heteroatoms. The number of aliphatic hydroxyl groups excluding tert-OH is 1. The molecule has 4 N–H and O–H groups in total. The zero-order valence-electron chi connectivity index (χ0n) is 12.1. The molecule has 112 valence electrons. The Bertz CT molecular complexity index is 456. The number of carbonyl (C=O) groups is 1. The van der Waals surface area contributed by atoms with Crippen LogP contribution in [0, 0.1) is 5.92 Å². The normalized spacial score (nSPS) is 19.3. The van der Waals surface area contributed by atoms with E-state index >= 15 is 0 Å². The first-order valence-corrected chi connectivity index (χ1v) is 7.40. The van der Waals surface area contributed by atoms with Crippen molar-refractivity contribution in [2.45, 2.75) is 39.0 Å². The molecule has 2 heterocycles. The highest BCUT2D eigenvalue weighted by Crippen LogP contribution is 2.23. The SMILES string of the molecule is CCCc1[nH]nc(C(=O)N2CCCC(CCO)C2)c1N. The second-order valence-electron chi connectivity index (χ2n) is 5.49. The summed E-state index contributed by atoms with van der Waals surface area (Å²) in [7, 11) is 0. The van der Waals surface area contributed by atoms with E-state index in [1.54, 1.807) is 0 Å². The van der Waals surface area contributed by atoms with Gasteiger partial charge in [-0.3, -0.25) is 9.89 Å². The summed E-state index contributed by atoms with van der Waals surface area (Å²) in [4.78, 5) is 14.3. The Balaban J connectivity index is 2.06. The van der Waals surface area contributed by atoms with Crippen LogP contribution in [-0.4, -0.2) is 45.8 Å². The van der Waals surface area contributed by atoms with Crippen LogP contribution in [0.15, 0.2) is 0 Å². The number of rotatable bonds is 5. The lowest BCUT2D eigenvalue weighted by Crippen LogP contribution is -2.40. The summed E-state index contributed by atoms with van der Waals surface area (Å²) in [6.07, 6.45) is 4.56. The van der Waals surface area contributed by atoms with E-state index in [1.807, 2.05) is 4.90 Å². The van der Waals surface area contributed by atoms with E-state index < -0.39 is 0 Å². The summed E-state index contributed by atoms with van der Waals surface area (Å²) in [5.41, 5.74) is 7.69. The minimum Gasteiger partial charge on any atom is -0.396 e. The third-order valence-corrected chi connectivity index (χ3v) is 3.93. The number of H-pyrrole nitrogens is 1. The summed E-state index contributed by atoms with van der Waals surface area (Å²) >= 11 is 0. The number of nitrogens with one attached hydrogen (secondary N) is 1. The third-order valence-electron chi connectivity index (χ3n) is 3.93. The van der Waals surface area contributed by atoms with Crippen LogP contribution in [0.5, 0.6) is 0 Å². The van der Waals surface area contributed by atoms with Crippen LogP contribution in [0.2, 0.25) is 0 Å². The number of carbonyl (C=O) groups excluding carboxylic acids is 1. The van der Waals surface area contributed by atoms with Gasteiger partial charge >= 0.3 is 0 Å². The Labute approximate surface area is 119 Å². The van der Waals surface area contributed by atoms with E-state index in [4.69, 9.17) is 10.8 Å². The number of aliphatic hydroxyl groups is 1. The number of aromatic nitrogens is 2. The number of hydrogen-bond acceptors (Lipinski definition) is 4. The molecule has 0 aromatic carbocycles. The van der Waals surface area contributed by atoms with Gasteiger partial charge in [-0.15, -0.1) is 0 Å². The highest BCUT2D eigenvalue weighted by Gasteiger charge is 2.27. The van der Waals surface area contributed by atoms with Gasteiger partial charge in [0.1, 0.15) is 0 Å². The van der Waals surface area contributed by atoms with Crippen molar-refractivity contribution in [1.82, 2.24) is 15.1 Å². The molecular weight excluding hydrogens is 256 g/mol. The number of nitrogens with zero attached hydrogens (tertiary/aromatic N) is 2. The average molecular weight is 280 g/mol. The van der Waals surface area contributed by atoms with Crippen LogP contribution in [0.25, 0.3) is 0 Å². The molecule has 6 nitrogen and oxygen atoms in total. The van der Waals surface area contributed by atoms with Crippen molar-refractivity contribution in [2.24, 2.45) is 5.92 Å².